The fourth-order valence-electron chi connectivity index (χ4n) is 4.34. The number of nitrogens with zero attached hydrogens (tertiary/aromatic N) is 3. The normalized spacial score (nSPS) is 12.5. The molecule has 1 aliphatic carbocycles. The topological polar surface area (TPSA) is 106 Å². The van der Waals surface area contributed by atoms with Crippen molar-refractivity contribution in [3.8, 4) is 28.5 Å². The number of hydrogen-bond acceptors (Lipinski definition) is 5. The Hall–Kier alpha value is -4.72. The molecule has 0 spiro atoms. The van der Waals surface area contributed by atoms with Crippen LogP contribution >= 0.6 is 0 Å². The van der Waals surface area contributed by atoms with Crippen LogP contribution in [0.2, 0.25) is 0 Å². The second-order valence-electron chi connectivity index (χ2n) is 8.37. The van der Waals surface area contributed by atoms with Gasteiger partial charge in [0.1, 0.15) is 11.5 Å². The Bertz CT molecular complexity index is 1570. The Labute approximate surface area is 200 Å². The Balaban J connectivity index is 1.35. The molecular formula is C27H21N5O3. The highest BCUT2D eigenvalue weighted by molar-refractivity contribution is 6.04. The number of amides is 1. The van der Waals surface area contributed by atoms with Crippen LogP contribution in [0.25, 0.3) is 28.5 Å². The molecule has 0 aliphatic heterocycles. The number of hydrogen-bond donors (Lipinski definition) is 2. The number of carbonyl (C=O) groups excluding carboxylic acids is 1. The Morgan fingerprint density at radius 1 is 0.971 bits per heavy atom. The van der Waals surface area contributed by atoms with Gasteiger partial charge in [0.25, 0.3) is 11.5 Å². The first kappa shape index (κ1) is 20.9. The molecule has 0 saturated heterocycles. The number of nitrogens with one attached hydrogen (secondary N) is 2. The minimum atomic E-state index is -0.305. The number of benzene rings is 2. The Morgan fingerprint density at radius 3 is 2.54 bits per heavy atom. The lowest BCUT2D eigenvalue weighted by Gasteiger charge is -2.10. The highest BCUT2D eigenvalue weighted by atomic mass is 16.3. The second kappa shape index (κ2) is 8.57. The Kier molecular flexibility index (Phi) is 5.11. The number of carbonyl (C=O) groups is 1. The number of furan rings is 1. The summed E-state index contributed by atoms with van der Waals surface area (Å²) in [6.45, 7) is 0. The van der Waals surface area contributed by atoms with E-state index in [4.69, 9.17) is 4.42 Å². The summed E-state index contributed by atoms with van der Waals surface area (Å²) in [6, 6.07) is 22.6. The zero-order valence-corrected chi connectivity index (χ0v) is 18.7. The molecule has 0 fully saturated rings. The van der Waals surface area contributed by atoms with Crippen molar-refractivity contribution < 1.29 is 9.21 Å². The van der Waals surface area contributed by atoms with Gasteiger partial charge in [-0.1, -0.05) is 42.5 Å². The van der Waals surface area contributed by atoms with Crippen molar-refractivity contribution in [2.45, 2.75) is 19.3 Å². The van der Waals surface area contributed by atoms with E-state index < -0.39 is 0 Å². The average molecular weight is 463 g/mol. The summed E-state index contributed by atoms with van der Waals surface area (Å²) in [7, 11) is 0. The SMILES string of the molecule is O=C(Nc1cc(-c2ccco2)nn1-c1nc2c(c(=O)[nH]1)CCC2)c1ccc(-c2ccccc2)cc1. The summed E-state index contributed by atoms with van der Waals surface area (Å²) in [5.41, 5.74) is 4.41. The quantitative estimate of drug-likeness (QED) is 0.396. The zero-order chi connectivity index (χ0) is 23.8. The molecule has 35 heavy (non-hydrogen) atoms. The van der Waals surface area contributed by atoms with Crippen molar-refractivity contribution in [1.82, 2.24) is 19.7 Å². The number of aryl methyl sites for hydroxylation is 1. The van der Waals surface area contributed by atoms with Crippen molar-refractivity contribution in [2.24, 2.45) is 0 Å². The summed E-state index contributed by atoms with van der Waals surface area (Å²) in [5, 5.41) is 7.48. The maximum absolute atomic E-state index is 13.1. The smallest absolute Gasteiger partial charge is 0.256 e. The van der Waals surface area contributed by atoms with E-state index >= 15 is 0 Å². The van der Waals surface area contributed by atoms with Gasteiger partial charge in [-0.25, -0.2) is 4.98 Å². The fraction of sp³-hybridized carbons (Fsp3) is 0.111. The third-order valence-electron chi connectivity index (χ3n) is 6.11. The van der Waals surface area contributed by atoms with Gasteiger partial charge < -0.3 is 9.73 Å². The molecule has 2 aromatic carbocycles. The third-order valence-corrected chi connectivity index (χ3v) is 6.11. The molecule has 1 amide bonds. The van der Waals surface area contributed by atoms with Crippen LogP contribution in [0.15, 0.2) is 88.3 Å². The van der Waals surface area contributed by atoms with Gasteiger partial charge in [-0.15, -0.1) is 0 Å². The molecule has 6 rings (SSSR count). The number of aromatic amines is 1. The van der Waals surface area contributed by atoms with Gasteiger partial charge in [-0.2, -0.15) is 9.78 Å². The molecule has 5 aromatic rings. The molecule has 0 radical (unpaired) electrons. The minimum absolute atomic E-state index is 0.175. The summed E-state index contributed by atoms with van der Waals surface area (Å²) in [6.07, 6.45) is 3.91. The van der Waals surface area contributed by atoms with Crippen molar-refractivity contribution in [2.75, 3.05) is 5.32 Å². The molecule has 172 valence electrons. The summed E-state index contributed by atoms with van der Waals surface area (Å²) >= 11 is 0. The standard InChI is InChI=1S/C27H21N5O3/c33-25(19-13-11-18(12-14-19)17-6-2-1-3-7-17)29-24-16-22(23-10-5-15-35-23)31-32(24)27-28-21-9-4-8-20(21)26(34)30-27/h1-3,5-7,10-16H,4,8-9H2,(H,29,33)(H,28,30,34). The van der Waals surface area contributed by atoms with Crippen LogP contribution in [0.4, 0.5) is 5.82 Å². The number of rotatable bonds is 5. The highest BCUT2D eigenvalue weighted by Crippen LogP contribution is 2.26. The van der Waals surface area contributed by atoms with Crippen molar-refractivity contribution in [1.29, 1.82) is 0 Å². The lowest BCUT2D eigenvalue weighted by Crippen LogP contribution is -2.21. The fourth-order valence-corrected chi connectivity index (χ4v) is 4.34. The van der Waals surface area contributed by atoms with Gasteiger partial charge >= 0.3 is 0 Å². The largest absolute Gasteiger partial charge is 0.463 e. The van der Waals surface area contributed by atoms with Gasteiger partial charge in [0, 0.05) is 17.2 Å². The Morgan fingerprint density at radius 2 is 1.77 bits per heavy atom. The van der Waals surface area contributed by atoms with Crippen LogP contribution < -0.4 is 10.9 Å². The van der Waals surface area contributed by atoms with Crippen LogP contribution in [-0.4, -0.2) is 25.7 Å². The van der Waals surface area contributed by atoms with E-state index in [0.29, 0.717) is 22.8 Å². The van der Waals surface area contributed by atoms with E-state index in [1.807, 2.05) is 42.5 Å². The molecule has 0 atom stereocenters. The van der Waals surface area contributed by atoms with E-state index in [0.717, 1.165) is 41.6 Å². The predicted molar refractivity (Wildman–Crippen MR) is 132 cm³/mol. The average Bonchev–Trinajstić information content (AvgIpc) is 3.65. The first-order chi connectivity index (χ1) is 17.2. The minimum Gasteiger partial charge on any atom is -0.463 e. The van der Waals surface area contributed by atoms with Crippen LogP contribution in [0.5, 0.6) is 0 Å². The van der Waals surface area contributed by atoms with Gasteiger partial charge in [0.2, 0.25) is 5.95 Å². The highest BCUT2D eigenvalue weighted by Gasteiger charge is 2.21. The van der Waals surface area contributed by atoms with E-state index in [1.165, 1.54) is 4.68 Å². The molecule has 0 saturated carbocycles. The molecular weight excluding hydrogens is 442 g/mol. The first-order valence-corrected chi connectivity index (χ1v) is 11.4. The van der Waals surface area contributed by atoms with Gasteiger partial charge in [0.15, 0.2) is 5.76 Å². The van der Waals surface area contributed by atoms with Crippen molar-refractivity contribution >= 4 is 11.7 Å². The molecule has 8 nitrogen and oxygen atoms in total. The van der Waals surface area contributed by atoms with E-state index in [2.05, 4.69) is 20.4 Å². The summed E-state index contributed by atoms with van der Waals surface area (Å²) < 4.78 is 6.92. The third kappa shape index (κ3) is 3.95. The number of H-pyrrole nitrogens is 1. The van der Waals surface area contributed by atoms with Crippen LogP contribution in [0, 0.1) is 0 Å². The van der Waals surface area contributed by atoms with E-state index in [9.17, 15) is 9.59 Å². The summed E-state index contributed by atoms with van der Waals surface area (Å²) in [4.78, 5) is 33.2. The lowest BCUT2D eigenvalue weighted by atomic mass is 10.0. The van der Waals surface area contributed by atoms with Crippen LogP contribution in [0.3, 0.4) is 0 Å². The first-order valence-electron chi connectivity index (χ1n) is 11.4. The molecule has 3 heterocycles. The van der Waals surface area contributed by atoms with E-state index in [1.54, 1.807) is 36.6 Å². The number of fused-ring (bicyclic) bond motifs is 1. The van der Waals surface area contributed by atoms with Gasteiger partial charge in [0.05, 0.1) is 12.0 Å². The number of anilines is 1. The molecule has 1 aliphatic rings. The molecule has 3 aromatic heterocycles. The molecule has 2 N–H and O–H groups in total. The lowest BCUT2D eigenvalue weighted by molar-refractivity contribution is 0.102. The predicted octanol–water partition coefficient (Wildman–Crippen LogP) is 4.62. The second-order valence-corrected chi connectivity index (χ2v) is 8.37. The molecule has 0 unspecified atom stereocenters. The summed E-state index contributed by atoms with van der Waals surface area (Å²) in [5.74, 6) is 0.855. The van der Waals surface area contributed by atoms with Crippen molar-refractivity contribution in [3.63, 3.8) is 0 Å². The van der Waals surface area contributed by atoms with Crippen molar-refractivity contribution in [3.05, 3.63) is 106 Å². The monoisotopic (exact) mass is 463 g/mol. The maximum atomic E-state index is 13.1. The van der Waals surface area contributed by atoms with Gasteiger partial charge in [-0.3, -0.25) is 14.6 Å². The number of aromatic nitrogens is 4. The van der Waals surface area contributed by atoms with Gasteiger partial charge in [-0.05, 0) is 54.7 Å². The molecule has 0 bridgehead atoms. The maximum Gasteiger partial charge on any atom is 0.256 e. The zero-order valence-electron chi connectivity index (χ0n) is 18.7. The van der Waals surface area contributed by atoms with Crippen LogP contribution in [0.1, 0.15) is 28.0 Å². The molecule has 8 heteroatoms. The van der Waals surface area contributed by atoms with E-state index in [-0.39, 0.29) is 17.4 Å². The van der Waals surface area contributed by atoms with Crippen LogP contribution in [-0.2, 0) is 12.8 Å².